The zero-order valence-electron chi connectivity index (χ0n) is 11.7. The molecule has 1 fully saturated rings. The summed E-state index contributed by atoms with van der Waals surface area (Å²) in [5.41, 5.74) is 9.79. The van der Waals surface area contributed by atoms with Gasteiger partial charge in [-0.05, 0) is 43.4 Å². The van der Waals surface area contributed by atoms with E-state index in [0.29, 0.717) is 5.75 Å². The molecule has 3 nitrogen and oxygen atoms in total. The van der Waals surface area contributed by atoms with Crippen molar-refractivity contribution < 1.29 is 8.95 Å². The Bertz CT molecular complexity index is 455. The monoisotopic (exact) mass is 281 g/mol. The number of hydrogen-bond donors (Lipinski definition) is 1. The Kier molecular flexibility index (Phi) is 5.13. The van der Waals surface area contributed by atoms with Crippen molar-refractivity contribution in [2.24, 2.45) is 5.73 Å². The molecule has 0 aromatic heterocycles. The van der Waals surface area contributed by atoms with E-state index in [0.717, 1.165) is 31.6 Å². The van der Waals surface area contributed by atoms with Crippen molar-refractivity contribution in [1.29, 1.82) is 0 Å². The van der Waals surface area contributed by atoms with Crippen LogP contribution in [-0.4, -0.2) is 28.4 Å². The maximum absolute atomic E-state index is 12.3. The van der Waals surface area contributed by atoms with Gasteiger partial charge in [0.15, 0.2) is 0 Å². The predicted octanol–water partition coefficient (Wildman–Crippen LogP) is 2.23. The van der Waals surface area contributed by atoms with Gasteiger partial charge in [0, 0.05) is 41.1 Å². The van der Waals surface area contributed by atoms with Crippen molar-refractivity contribution in [3.05, 3.63) is 34.9 Å². The van der Waals surface area contributed by atoms with E-state index >= 15 is 0 Å². The molecular formula is C15H23NO2S. The molecule has 106 valence electrons. The van der Waals surface area contributed by atoms with Gasteiger partial charge in [0.1, 0.15) is 0 Å². The number of aryl methyl sites for hydroxylation is 2. The Labute approximate surface area is 118 Å². The molecule has 0 aliphatic carbocycles. The fourth-order valence-corrected chi connectivity index (χ4v) is 3.88. The molecule has 1 saturated heterocycles. The van der Waals surface area contributed by atoms with Gasteiger partial charge in [-0.2, -0.15) is 0 Å². The average molecular weight is 281 g/mol. The average Bonchev–Trinajstić information content (AvgIpc) is 2.42. The van der Waals surface area contributed by atoms with Crippen LogP contribution in [0.1, 0.15) is 35.6 Å². The molecular weight excluding hydrogens is 258 g/mol. The van der Waals surface area contributed by atoms with Crippen LogP contribution in [0.15, 0.2) is 18.2 Å². The summed E-state index contributed by atoms with van der Waals surface area (Å²) in [6.45, 7) is 5.64. The molecule has 4 heteroatoms. The highest BCUT2D eigenvalue weighted by molar-refractivity contribution is 7.85. The predicted molar refractivity (Wildman–Crippen MR) is 79.7 cm³/mol. The van der Waals surface area contributed by atoms with Crippen LogP contribution >= 0.6 is 0 Å². The van der Waals surface area contributed by atoms with E-state index in [9.17, 15) is 4.21 Å². The molecule has 2 rings (SSSR count). The quantitative estimate of drug-likeness (QED) is 0.921. The highest BCUT2D eigenvalue weighted by Crippen LogP contribution is 2.20. The molecule has 1 aliphatic rings. The molecule has 2 N–H and O–H groups in total. The summed E-state index contributed by atoms with van der Waals surface area (Å²) in [5.74, 6) is 0.549. The first-order valence-corrected chi connectivity index (χ1v) is 8.24. The van der Waals surface area contributed by atoms with Crippen LogP contribution in [0.2, 0.25) is 0 Å². The fraction of sp³-hybridized carbons (Fsp3) is 0.600. The highest BCUT2D eigenvalue weighted by Gasteiger charge is 2.22. The Hall–Kier alpha value is -0.710. The molecule has 0 radical (unpaired) electrons. The van der Waals surface area contributed by atoms with Gasteiger partial charge in [-0.15, -0.1) is 0 Å². The van der Waals surface area contributed by atoms with Gasteiger partial charge in [0.25, 0.3) is 0 Å². The zero-order valence-corrected chi connectivity index (χ0v) is 12.5. The zero-order chi connectivity index (χ0) is 13.8. The van der Waals surface area contributed by atoms with Gasteiger partial charge in [0.2, 0.25) is 0 Å². The lowest BCUT2D eigenvalue weighted by molar-refractivity contribution is 0.0992. The molecule has 2 unspecified atom stereocenters. The molecule has 0 bridgehead atoms. The second kappa shape index (κ2) is 6.64. The summed E-state index contributed by atoms with van der Waals surface area (Å²) in [6.07, 6.45) is 1.79. The van der Waals surface area contributed by atoms with Crippen molar-refractivity contribution in [2.45, 2.75) is 38.0 Å². The van der Waals surface area contributed by atoms with E-state index in [-0.39, 0.29) is 11.3 Å². The molecule has 19 heavy (non-hydrogen) atoms. The summed E-state index contributed by atoms with van der Waals surface area (Å²) in [7, 11) is -0.854. The van der Waals surface area contributed by atoms with Crippen molar-refractivity contribution in [3.63, 3.8) is 0 Å². The molecule has 1 aromatic carbocycles. The van der Waals surface area contributed by atoms with Crippen LogP contribution in [0.5, 0.6) is 0 Å². The largest absolute Gasteiger partial charge is 0.381 e. The van der Waals surface area contributed by atoms with E-state index in [1.807, 2.05) is 6.07 Å². The minimum Gasteiger partial charge on any atom is -0.381 e. The second-order valence-corrected chi connectivity index (χ2v) is 7.07. The van der Waals surface area contributed by atoms with Crippen molar-refractivity contribution in [1.82, 2.24) is 0 Å². The van der Waals surface area contributed by atoms with Crippen LogP contribution in [0.3, 0.4) is 0 Å². The van der Waals surface area contributed by atoms with Crippen molar-refractivity contribution in [2.75, 3.05) is 19.0 Å². The molecule has 1 aliphatic heterocycles. The third-order valence-corrected chi connectivity index (χ3v) is 5.75. The lowest BCUT2D eigenvalue weighted by Crippen LogP contribution is -2.30. The molecule has 0 saturated carbocycles. The minimum atomic E-state index is -0.854. The number of rotatable bonds is 4. The van der Waals surface area contributed by atoms with Crippen molar-refractivity contribution in [3.8, 4) is 0 Å². The Morgan fingerprint density at radius 3 is 2.63 bits per heavy atom. The first-order valence-electron chi connectivity index (χ1n) is 6.85. The molecule has 1 aromatic rings. The molecule has 0 amide bonds. The Morgan fingerprint density at radius 1 is 1.32 bits per heavy atom. The van der Waals surface area contributed by atoms with Gasteiger partial charge >= 0.3 is 0 Å². The number of benzene rings is 1. The van der Waals surface area contributed by atoms with Gasteiger partial charge in [-0.1, -0.05) is 18.2 Å². The maximum atomic E-state index is 12.3. The normalized spacial score (nSPS) is 20.2. The lowest BCUT2D eigenvalue weighted by atomic mass is 10.0. The third-order valence-electron chi connectivity index (χ3n) is 3.84. The van der Waals surface area contributed by atoms with Crippen LogP contribution < -0.4 is 5.73 Å². The van der Waals surface area contributed by atoms with E-state index in [1.165, 1.54) is 11.1 Å². The van der Waals surface area contributed by atoms with Gasteiger partial charge in [-0.3, -0.25) is 4.21 Å². The van der Waals surface area contributed by atoms with Crippen molar-refractivity contribution >= 4 is 10.8 Å². The smallest absolute Gasteiger partial charge is 0.0477 e. The van der Waals surface area contributed by atoms with Gasteiger partial charge in [0.05, 0.1) is 0 Å². The highest BCUT2D eigenvalue weighted by atomic mass is 32.2. The Morgan fingerprint density at radius 2 is 2.00 bits per heavy atom. The second-order valence-electron chi connectivity index (χ2n) is 5.31. The van der Waals surface area contributed by atoms with Gasteiger partial charge < -0.3 is 10.5 Å². The summed E-state index contributed by atoms with van der Waals surface area (Å²) in [6, 6.07) is 6.11. The summed E-state index contributed by atoms with van der Waals surface area (Å²) in [5, 5.41) is 0.256. The standard InChI is InChI=1S/C15H23NO2S/c1-11-3-4-13(9-12(11)2)15(16)10-19(17)14-5-7-18-8-6-14/h3-4,9,14-15H,5-8,10,16H2,1-2H3. The molecule has 1 heterocycles. The third kappa shape index (κ3) is 3.88. The molecule has 0 spiro atoms. The van der Waals surface area contributed by atoms with E-state index < -0.39 is 10.8 Å². The van der Waals surface area contributed by atoms with E-state index in [4.69, 9.17) is 10.5 Å². The first-order chi connectivity index (χ1) is 9.08. The molecule has 2 atom stereocenters. The topological polar surface area (TPSA) is 52.3 Å². The Balaban J connectivity index is 1.97. The fourth-order valence-electron chi connectivity index (χ4n) is 2.34. The van der Waals surface area contributed by atoms with Crippen LogP contribution in [-0.2, 0) is 15.5 Å². The van der Waals surface area contributed by atoms with Crippen LogP contribution in [0, 0.1) is 13.8 Å². The van der Waals surface area contributed by atoms with E-state index in [2.05, 4.69) is 26.0 Å². The maximum Gasteiger partial charge on any atom is 0.0477 e. The SMILES string of the molecule is Cc1ccc(C(N)CS(=O)C2CCOCC2)cc1C. The number of nitrogens with two attached hydrogens (primary N) is 1. The van der Waals surface area contributed by atoms with Crippen LogP contribution in [0.25, 0.3) is 0 Å². The number of hydrogen-bond acceptors (Lipinski definition) is 3. The lowest BCUT2D eigenvalue weighted by Gasteiger charge is -2.23. The summed E-state index contributed by atoms with van der Waals surface area (Å²) < 4.78 is 17.6. The first kappa shape index (κ1) is 14.7. The van der Waals surface area contributed by atoms with Crippen LogP contribution in [0.4, 0.5) is 0 Å². The summed E-state index contributed by atoms with van der Waals surface area (Å²) in [4.78, 5) is 0. The van der Waals surface area contributed by atoms with E-state index in [1.54, 1.807) is 0 Å². The van der Waals surface area contributed by atoms with Gasteiger partial charge in [-0.25, -0.2) is 0 Å². The summed E-state index contributed by atoms with van der Waals surface area (Å²) >= 11 is 0. The number of ether oxygens (including phenoxy) is 1. The minimum absolute atomic E-state index is 0.136.